The molecule has 1 atom stereocenters. The van der Waals surface area contributed by atoms with Crippen molar-refractivity contribution in [2.24, 2.45) is 0 Å². The number of nitrogens with one attached hydrogen (secondary N) is 1. The summed E-state index contributed by atoms with van der Waals surface area (Å²) < 4.78 is 5.10. The van der Waals surface area contributed by atoms with Crippen molar-refractivity contribution < 1.29 is 24.2 Å². The molecule has 0 aliphatic carbocycles. The Hall–Kier alpha value is -2.63. The minimum Gasteiger partial charge on any atom is -0.480 e. The fourth-order valence-electron chi connectivity index (χ4n) is 2.48. The molecule has 0 aliphatic heterocycles. The number of rotatable bonds is 12. The number of carbonyl (C=O) groups is 3. The average Bonchev–Trinajstić information content (AvgIpc) is 2.62. The van der Waals surface area contributed by atoms with E-state index in [4.69, 9.17) is 4.74 Å². The van der Waals surface area contributed by atoms with E-state index >= 15 is 0 Å². The fraction of sp³-hybridized carbons (Fsp3) is 0.476. The van der Waals surface area contributed by atoms with Gasteiger partial charge in [0.25, 0.3) is 0 Å². The molecule has 0 radical (unpaired) electrons. The van der Waals surface area contributed by atoms with Crippen LogP contribution in [0.3, 0.4) is 0 Å². The third kappa shape index (κ3) is 9.03. The quantitative estimate of drug-likeness (QED) is 0.252. The van der Waals surface area contributed by atoms with Gasteiger partial charge in [-0.2, -0.15) is 0 Å². The van der Waals surface area contributed by atoms with Crippen LogP contribution in [0.1, 0.15) is 57.9 Å². The molecule has 0 aliphatic rings. The zero-order valence-corrected chi connectivity index (χ0v) is 16.1. The van der Waals surface area contributed by atoms with E-state index < -0.39 is 18.0 Å². The highest BCUT2D eigenvalue weighted by Crippen LogP contribution is 2.15. The molecule has 0 aromatic heterocycles. The van der Waals surface area contributed by atoms with E-state index in [1.165, 1.54) is 0 Å². The van der Waals surface area contributed by atoms with E-state index in [-0.39, 0.29) is 12.3 Å². The van der Waals surface area contributed by atoms with E-state index in [1.807, 2.05) is 0 Å². The van der Waals surface area contributed by atoms with Crippen molar-refractivity contribution in [3.05, 3.63) is 42.0 Å². The molecule has 6 heteroatoms. The number of ether oxygens (including phenoxy) is 1. The van der Waals surface area contributed by atoms with Gasteiger partial charge in [0.05, 0.1) is 0 Å². The summed E-state index contributed by atoms with van der Waals surface area (Å²) in [6.45, 7) is 7.19. The molecule has 0 spiro atoms. The van der Waals surface area contributed by atoms with E-state index in [0.717, 1.165) is 37.7 Å². The summed E-state index contributed by atoms with van der Waals surface area (Å²) in [6.07, 6.45) is 5.61. The number of esters is 1. The van der Waals surface area contributed by atoms with E-state index in [1.54, 1.807) is 31.2 Å². The molecule has 1 aromatic carbocycles. The zero-order chi connectivity index (χ0) is 20.2. The van der Waals surface area contributed by atoms with Gasteiger partial charge < -0.3 is 15.2 Å². The van der Waals surface area contributed by atoms with Crippen LogP contribution < -0.4 is 10.1 Å². The fourth-order valence-corrected chi connectivity index (χ4v) is 2.48. The van der Waals surface area contributed by atoms with Crippen LogP contribution in [0.5, 0.6) is 5.75 Å². The van der Waals surface area contributed by atoms with E-state index in [9.17, 15) is 19.5 Å². The molecule has 0 fully saturated rings. The van der Waals surface area contributed by atoms with Crippen molar-refractivity contribution >= 4 is 17.8 Å². The summed E-state index contributed by atoms with van der Waals surface area (Å²) in [7, 11) is 0. The second kappa shape index (κ2) is 11.9. The van der Waals surface area contributed by atoms with Crippen LogP contribution in [0.15, 0.2) is 36.4 Å². The van der Waals surface area contributed by atoms with Crippen LogP contribution in [0.25, 0.3) is 0 Å². The van der Waals surface area contributed by atoms with Crippen molar-refractivity contribution in [3.8, 4) is 5.75 Å². The number of carbonyl (C=O) groups excluding carboxylic acids is 2. The summed E-state index contributed by atoms with van der Waals surface area (Å²) in [5, 5.41) is 11.9. The predicted molar refractivity (Wildman–Crippen MR) is 104 cm³/mol. The standard InChI is InChI=1S/C21H29NO5/c1-4-5-6-7-8-9-19(23)22-18(20(24)25)14-16-10-12-17(13-11-16)27-21(26)15(2)3/h10-13,18H,2,4-9,14H2,1,3H3,(H,22,23)(H,24,25)/t18-/m0/s1. The average molecular weight is 375 g/mol. The van der Waals surface area contributed by atoms with Crippen LogP contribution in [0.2, 0.25) is 0 Å². The molecule has 0 unspecified atom stereocenters. The Kier molecular flexibility index (Phi) is 9.86. The molecule has 1 aromatic rings. The number of carboxylic acid groups (broad SMARTS) is 1. The van der Waals surface area contributed by atoms with Crippen LogP contribution in [-0.4, -0.2) is 29.0 Å². The van der Waals surface area contributed by atoms with E-state index in [2.05, 4.69) is 18.8 Å². The number of unbranched alkanes of at least 4 members (excludes halogenated alkanes) is 4. The lowest BCUT2D eigenvalue weighted by molar-refractivity contribution is -0.141. The first-order valence-corrected chi connectivity index (χ1v) is 9.32. The van der Waals surface area contributed by atoms with Crippen molar-refractivity contribution in [1.82, 2.24) is 5.32 Å². The Morgan fingerprint density at radius 2 is 1.74 bits per heavy atom. The maximum Gasteiger partial charge on any atom is 0.338 e. The second-order valence-corrected chi connectivity index (χ2v) is 6.64. The molecule has 2 N–H and O–H groups in total. The first-order chi connectivity index (χ1) is 12.8. The summed E-state index contributed by atoms with van der Waals surface area (Å²) in [6, 6.07) is 5.54. The zero-order valence-electron chi connectivity index (χ0n) is 16.1. The van der Waals surface area contributed by atoms with E-state index in [0.29, 0.717) is 17.7 Å². The highest BCUT2D eigenvalue weighted by atomic mass is 16.5. The minimum absolute atomic E-state index is 0.158. The number of amides is 1. The molecule has 1 amide bonds. The van der Waals surface area contributed by atoms with Gasteiger partial charge in [-0.15, -0.1) is 0 Å². The Bertz CT molecular complexity index is 651. The Morgan fingerprint density at radius 1 is 1.11 bits per heavy atom. The molecule has 1 rings (SSSR count). The van der Waals surface area contributed by atoms with Crippen LogP contribution in [-0.2, 0) is 20.8 Å². The molecule has 0 saturated carbocycles. The van der Waals surface area contributed by atoms with Gasteiger partial charge in [0.2, 0.25) is 5.91 Å². The largest absolute Gasteiger partial charge is 0.480 e. The SMILES string of the molecule is C=C(C)C(=O)Oc1ccc(C[C@H](NC(=O)CCCCCCC)C(=O)O)cc1. The highest BCUT2D eigenvalue weighted by Gasteiger charge is 2.20. The van der Waals surface area contributed by atoms with Crippen LogP contribution in [0.4, 0.5) is 0 Å². The molecule has 148 valence electrons. The van der Waals surface area contributed by atoms with Crippen LogP contribution >= 0.6 is 0 Å². The predicted octanol–water partition coefficient (Wildman–Crippen LogP) is 3.64. The Balaban J connectivity index is 2.54. The molecule has 6 nitrogen and oxygen atoms in total. The number of aliphatic carboxylic acids is 1. The molecule has 0 saturated heterocycles. The minimum atomic E-state index is -1.08. The normalized spacial score (nSPS) is 11.5. The number of hydrogen-bond donors (Lipinski definition) is 2. The number of carboxylic acids is 1. The van der Waals surface area contributed by atoms with Crippen molar-refractivity contribution in [2.75, 3.05) is 0 Å². The maximum atomic E-state index is 12.0. The third-order valence-corrected chi connectivity index (χ3v) is 4.06. The maximum absolute atomic E-state index is 12.0. The first kappa shape index (κ1) is 22.4. The lowest BCUT2D eigenvalue weighted by Crippen LogP contribution is -2.42. The molecule has 27 heavy (non-hydrogen) atoms. The Morgan fingerprint density at radius 3 is 2.30 bits per heavy atom. The van der Waals surface area contributed by atoms with Gasteiger partial charge in [-0.05, 0) is 31.0 Å². The number of hydrogen-bond acceptors (Lipinski definition) is 4. The molecular weight excluding hydrogens is 346 g/mol. The molecule has 0 bridgehead atoms. The van der Waals surface area contributed by atoms with Crippen LogP contribution in [0, 0.1) is 0 Å². The van der Waals surface area contributed by atoms with Gasteiger partial charge in [-0.1, -0.05) is 51.3 Å². The van der Waals surface area contributed by atoms with Crippen molar-refractivity contribution in [2.45, 2.75) is 64.8 Å². The highest BCUT2D eigenvalue weighted by molar-refractivity contribution is 5.88. The first-order valence-electron chi connectivity index (χ1n) is 9.32. The van der Waals surface area contributed by atoms with Crippen molar-refractivity contribution in [3.63, 3.8) is 0 Å². The summed E-state index contributed by atoms with van der Waals surface area (Å²) in [5.41, 5.74) is 1.02. The molecular formula is C21H29NO5. The van der Waals surface area contributed by atoms with Gasteiger partial charge in [-0.25, -0.2) is 9.59 Å². The summed E-state index contributed by atoms with van der Waals surface area (Å²) in [4.78, 5) is 34.9. The smallest absolute Gasteiger partial charge is 0.338 e. The topological polar surface area (TPSA) is 92.7 Å². The lowest BCUT2D eigenvalue weighted by Gasteiger charge is -2.15. The lowest BCUT2D eigenvalue weighted by atomic mass is 10.1. The Labute approximate surface area is 160 Å². The van der Waals surface area contributed by atoms with Gasteiger partial charge >= 0.3 is 11.9 Å². The summed E-state index contributed by atoms with van der Waals surface area (Å²) >= 11 is 0. The molecule has 0 heterocycles. The van der Waals surface area contributed by atoms with Gasteiger partial charge in [0.1, 0.15) is 11.8 Å². The van der Waals surface area contributed by atoms with Gasteiger partial charge in [-0.3, -0.25) is 4.79 Å². The summed E-state index contributed by atoms with van der Waals surface area (Å²) in [5.74, 6) is -1.48. The third-order valence-electron chi connectivity index (χ3n) is 4.06. The second-order valence-electron chi connectivity index (χ2n) is 6.64. The van der Waals surface area contributed by atoms with Crippen molar-refractivity contribution in [1.29, 1.82) is 0 Å². The van der Waals surface area contributed by atoms with Gasteiger partial charge in [0.15, 0.2) is 0 Å². The number of benzene rings is 1. The van der Waals surface area contributed by atoms with Gasteiger partial charge in [0, 0.05) is 18.4 Å². The monoisotopic (exact) mass is 375 g/mol.